The van der Waals surface area contributed by atoms with E-state index < -0.39 is 10.1 Å². The lowest BCUT2D eigenvalue weighted by Gasteiger charge is -2.13. The molecule has 2 heterocycles. The SMILES string of the molecule is COc1cc(/C=c2\sc3nc4ccccc4n3c2=O)cc(Cl)c1OS(=O)(=O)c1ccc(C)cc1. The van der Waals surface area contributed by atoms with E-state index in [4.69, 9.17) is 20.5 Å². The zero-order valence-corrected chi connectivity index (χ0v) is 20.4. The molecule has 5 aromatic rings. The highest BCUT2D eigenvalue weighted by Crippen LogP contribution is 2.38. The molecule has 3 aromatic carbocycles. The molecular weight excluding hydrogens is 496 g/mol. The summed E-state index contributed by atoms with van der Waals surface area (Å²) in [4.78, 5) is 18.1. The van der Waals surface area contributed by atoms with Crippen LogP contribution in [0.25, 0.3) is 22.1 Å². The van der Waals surface area contributed by atoms with E-state index in [2.05, 4.69) is 4.98 Å². The maximum atomic E-state index is 13.0. The van der Waals surface area contributed by atoms with E-state index in [9.17, 15) is 13.2 Å². The number of fused-ring (bicyclic) bond motifs is 3. The lowest BCUT2D eigenvalue weighted by atomic mass is 10.2. The van der Waals surface area contributed by atoms with Gasteiger partial charge in [0.1, 0.15) is 4.90 Å². The Balaban J connectivity index is 1.57. The average Bonchev–Trinajstić information content (AvgIpc) is 3.31. The van der Waals surface area contributed by atoms with Gasteiger partial charge in [-0.15, -0.1) is 0 Å². The molecule has 172 valence electrons. The molecule has 0 radical (unpaired) electrons. The number of benzene rings is 3. The molecule has 0 saturated heterocycles. The van der Waals surface area contributed by atoms with Crippen LogP contribution in [0.1, 0.15) is 11.1 Å². The number of hydrogen-bond donors (Lipinski definition) is 0. The summed E-state index contributed by atoms with van der Waals surface area (Å²) in [6.45, 7) is 1.85. The Morgan fingerprint density at radius 1 is 1.09 bits per heavy atom. The Kier molecular flexibility index (Phi) is 5.55. The first-order valence-electron chi connectivity index (χ1n) is 10.1. The van der Waals surface area contributed by atoms with Gasteiger partial charge in [-0.05, 0) is 55.0 Å². The van der Waals surface area contributed by atoms with Gasteiger partial charge < -0.3 is 8.92 Å². The number of imidazole rings is 1. The van der Waals surface area contributed by atoms with Crippen LogP contribution in [0, 0.1) is 6.92 Å². The van der Waals surface area contributed by atoms with Crippen LogP contribution in [0.5, 0.6) is 11.5 Å². The summed E-state index contributed by atoms with van der Waals surface area (Å²) in [5.74, 6) is -0.00937. The highest BCUT2D eigenvalue weighted by molar-refractivity contribution is 7.87. The van der Waals surface area contributed by atoms with Gasteiger partial charge in [-0.2, -0.15) is 8.42 Å². The summed E-state index contributed by atoms with van der Waals surface area (Å²) < 4.78 is 38.2. The van der Waals surface area contributed by atoms with Crippen molar-refractivity contribution in [2.45, 2.75) is 11.8 Å². The summed E-state index contributed by atoms with van der Waals surface area (Å²) in [7, 11) is -2.75. The van der Waals surface area contributed by atoms with Crippen molar-refractivity contribution in [1.29, 1.82) is 0 Å². The standard InChI is InChI=1S/C24H17ClN2O5S2/c1-14-7-9-16(10-8-14)34(29,30)32-22-17(25)11-15(12-20(22)31-2)13-21-23(28)27-19-6-4-3-5-18(19)26-24(27)33-21/h3-13H,1-2H3/b21-13-. The largest absolute Gasteiger partial charge is 0.493 e. The zero-order chi connectivity index (χ0) is 24.0. The molecule has 0 aliphatic carbocycles. The van der Waals surface area contributed by atoms with Crippen LogP contribution >= 0.6 is 22.9 Å². The fourth-order valence-corrected chi connectivity index (χ4v) is 5.78. The molecule has 0 fully saturated rings. The number of aryl methyl sites for hydroxylation is 1. The summed E-state index contributed by atoms with van der Waals surface area (Å²) in [6, 6.07) is 16.8. The zero-order valence-electron chi connectivity index (χ0n) is 18.0. The van der Waals surface area contributed by atoms with Gasteiger partial charge in [-0.25, -0.2) is 9.38 Å². The van der Waals surface area contributed by atoms with Crippen molar-refractivity contribution in [3.63, 3.8) is 0 Å². The molecule has 0 bridgehead atoms. The van der Waals surface area contributed by atoms with Gasteiger partial charge in [-0.1, -0.05) is 52.8 Å². The second-order valence-corrected chi connectivity index (χ2v) is 10.5. The smallest absolute Gasteiger partial charge is 0.339 e. The second-order valence-electron chi connectivity index (χ2n) is 7.52. The van der Waals surface area contributed by atoms with E-state index in [1.54, 1.807) is 28.7 Å². The predicted octanol–water partition coefficient (Wildman–Crippen LogP) is 4.20. The normalized spacial score (nSPS) is 12.5. The number of hydrogen-bond acceptors (Lipinski definition) is 7. The summed E-state index contributed by atoms with van der Waals surface area (Å²) in [6.07, 6.45) is 1.66. The van der Waals surface area contributed by atoms with E-state index >= 15 is 0 Å². The third-order valence-electron chi connectivity index (χ3n) is 5.20. The van der Waals surface area contributed by atoms with E-state index in [1.807, 2.05) is 31.2 Å². The van der Waals surface area contributed by atoms with Crippen LogP contribution in [-0.4, -0.2) is 24.9 Å². The highest BCUT2D eigenvalue weighted by atomic mass is 35.5. The monoisotopic (exact) mass is 512 g/mol. The van der Waals surface area contributed by atoms with Crippen LogP contribution < -0.4 is 19.0 Å². The lowest BCUT2D eigenvalue weighted by molar-refractivity contribution is 0.390. The third-order valence-corrected chi connectivity index (χ3v) is 7.68. The number of nitrogens with zero attached hydrogens (tertiary/aromatic N) is 2. The number of methoxy groups -OCH3 is 1. The van der Waals surface area contributed by atoms with Crippen LogP contribution in [0.2, 0.25) is 5.02 Å². The van der Waals surface area contributed by atoms with E-state index in [1.165, 1.54) is 36.6 Å². The fourth-order valence-electron chi connectivity index (χ4n) is 3.53. The van der Waals surface area contributed by atoms with Crippen LogP contribution in [0.4, 0.5) is 0 Å². The molecule has 5 rings (SSSR count). The van der Waals surface area contributed by atoms with Gasteiger partial charge >= 0.3 is 10.1 Å². The lowest BCUT2D eigenvalue weighted by Crippen LogP contribution is -2.22. The van der Waals surface area contributed by atoms with Gasteiger partial charge in [0.2, 0.25) is 5.75 Å². The molecule has 0 amide bonds. The molecule has 0 unspecified atom stereocenters. The molecular formula is C24H17ClN2O5S2. The minimum absolute atomic E-state index is 0.00277. The van der Waals surface area contributed by atoms with Crippen molar-refractivity contribution < 1.29 is 17.3 Å². The number of para-hydroxylation sites is 2. The minimum Gasteiger partial charge on any atom is -0.493 e. The van der Waals surface area contributed by atoms with Crippen molar-refractivity contribution in [1.82, 2.24) is 9.38 Å². The maximum Gasteiger partial charge on any atom is 0.339 e. The molecule has 0 N–H and O–H groups in total. The first kappa shape index (κ1) is 22.4. The van der Waals surface area contributed by atoms with Crippen LogP contribution in [0.3, 0.4) is 0 Å². The second kappa shape index (κ2) is 8.43. The Morgan fingerprint density at radius 3 is 2.56 bits per heavy atom. The summed E-state index contributed by atoms with van der Waals surface area (Å²) in [5.41, 5.74) is 2.75. The van der Waals surface area contributed by atoms with Crippen LogP contribution in [0.15, 0.2) is 70.4 Å². The molecule has 34 heavy (non-hydrogen) atoms. The summed E-state index contributed by atoms with van der Waals surface area (Å²) >= 11 is 7.64. The predicted molar refractivity (Wildman–Crippen MR) is 133 cm³/mol. The third kappa shape index (κ3) is 3.91. The maximum absolute atomic E-state index is 13.0. The topological polar surface area (TPSA) is 87.0 Å². The first-order chi connectivity index (χ1) is 16.3. The van der Waals surface area contributed by atoms with Gasteiger partial charge in [0.05, 0.1) is 27.7 Å². The van der Waals surface area contributed by atoms with Crippen molar-refractivity contribution >= 4 is 55.1 Å². The molecule has 10 heteroatoms. The first-order valence-corrected chi connectivity index (χ1v) is 12.7. The number of halogens is 1. The molecule has 0 atom stereocenters. The molecule has 0 spiro atoms. The Bertz CT molecular complexity index is 1770. The van der Waals surface area contributed by atoms with Gasteiger partial charge in [0, 0.05) is 0 Å². The number of thiazole rings is 1. The summed E-state index contributed by atoms with van der Waals surface area (Å²) in [5, 5.41) is 0.0283. The Labute approximate surface area is 203 Å². The Morgan fingerprint density at radius 2 is 1.82 bits per heavy atom. The van der Waals surface area contributed by atoms with Gasteiger partial charge in [0.25, 0.3) is 5.56 Å². The molecule has 0 aliphatic heterocycles. The van der Waals surface area contributed by atoms with Crippen molar-refractivity contribution in [2.24, 2.45) is 0 Å². The molecule has 0 aliphatic rings. The quantitative estimate of drug-likeness (QED) is 0.328. The van der Waals surface area contributed by atoms with Crippen molar-refractivity contribution in [2.75, 3.05) is 7.11 Å². The number of rotatable bonds is 5. The highest BCUT2D eigenvalue weighted by Gasteiger charge is 2.22. The van der Waals surface area contributed by atoms with Gasteiger partial charge in [-0.3, -0.25) is 4.79 Å². The Hall–Kier alpha value is -3.40. The van der Waals surface area contributed by atoms with Crippen molar-refractivity contribution in [3.05, 3.63) is 91.7 Å². The molecule has 7 nitrogen and oxygen atoms in total. The van der Waals surface area contributed by atoms with Gasteiger partial charge in [0.15, 0.2) is 10.7 Å². The van der Waals surface area contributed by atoms with Crippen molar-refractivity contribution in [3.8, 4) is 11.5 Å². The minimum atomic E-state index is -4.13. The number of aromatic nitrogens is 2. The number of ether oxygens (including phenoxy) is 1. The average molecular weight is 513 g/mol. The van der Waals surface area contributed by atoms with Crippen LogP contribution in [-0.2, 0) is 10.1 Å². The van der Waals surface area contributed by atoms with E-state index in [0.717, 1.165) is 16.6 Å². The fraction of sp³-hybridized carbons (Fsp3) is 0.0833. The molecule has 0 saturated carbocycles. The van der Waals surface area contributed by atoms with E-state index in [-0.39, 0.29) is 27.0 Å². The van der Waals surface area contributed by atoms with E-state index in [0.29, 0.717) is 15.1 Å². The molecule has 2 aromatic heterocycles.